The first-order valence-electron chi connectivity index (χ1n) is 5.27. The second-order valence-electron chi connectivity index (χ2n) is 4.10. The van der Waals surface area contributed by atoms with Crippen molar-refractivity contribution in [2.45, 2.75) is 37.6 Å². The molecule has 4 nitrogen and oxygen atoms in total. The number of terminal acetylenes is 1. The molecule has 15 heavy (non-hydrogen) atoms. The molecule has 3 amide bonds. The fraction of sp³-hybridized carbons (Fsp3) is 0.636. The second-order valence-corrected chi connectivity index (χ2v) is 4.10. The van der Waals surface area contributed by atoms with Crippen molar-refractivity contribution >= 4 is 11.9 Å². The molecule has 1 saturated heterocycles. The third-order valence-electron chi connectivity index (χ3n) is 3.32. The number of hydrogen-bond acceptors (Lipinski definition) is 2. The van der Waals surface area contributed by atoms with Gasteiger partial charge in [-0.3, -0.25) is 10.1 Å². The highest BCUT2D eigenvalue weighted by molar-refractivity contribution is 6.07. The van der Waals surface area contributed by atoms with E-state index in [-0.39, 0.29) is 11.9 Å². The monoisotopic (exact) mass is 206 g/mol. The molecule has 0 aromatic heterocycles. The molecule has 1 saturated carbocycles. The van der Waals surface area contributed by atoms with Crippen LogP contribution in [-0.2, 0) is 4.79 Å². The first-order valence-corrected chi connectivity index (χ1v) is 5.27. The summed E-state index contributed by atoms with van der Waals surface area (Å²) in [6, 6.07) is -0.280. The van der Waals surface area contributed by atoms with Crippen LogP contribution in [-0.4, -0.2) is 28.9 Å². The van der Waals surface area contributed by atoms with E-state index in [2.05, 4.69) is 11.2 Å². The molecule has 0 aromatic carbocycles. The van der Waals surface area contributed by atoms with E-state index in [4.69, 9.17) is 6.42 Å². The van der Waals surface area contributed by atoms with Crippen LogP contribution in [0.15, 0.2) is 0 Å². The van der Waals surface area contributed by atoms with E-state index in [1.54, 1.807) is 4.90 Å². The Morgan fingerprint density at radius 3 is 2.67 bits per heavy atom. The molecule has 2 aliphatic rings. The predicted molar refractivity (Wildman–Crippen MR) is 54.9 cm³/mol. The number of imide groups is 1. The maximum Gasteiger partial charge on any atom is 0.325 e. The van der Waals surface area contributed by atoms with Crippen molar-refractivity contribution < 1.29 is 9.59 Å². The first kappa shape index (κ1) is 10.0. The normalized spacial score (nSPS) is 23.3. The van der Waals surface area contributed by atoms with Crippen molar-refractivity contribution in [2.75, 3.05) is 6.54 Å². The average molecular weight is 206 g/mol. The molecule has 0 bridgehead atoms. The Balaban J connectivity index is 2.21. The van der Waals surface area contributed by atoms with Crippen LogP contribution in [0.5, 0.6) is 0 Å². The fourth-order valence-corrected chi connectivity index (χ4v) is 2.55. The summed E-state index contributed by atoms with van der Waals surface area (Å²) in [7, 11) is 0. The van der Waals surface area contributed by atoms with Gasteiger partial charge in [0.1, 0.15) is 5.54 Å². The summed E-state index contributed by atoms with van der Waals surface area (Å²) < 4.78 is 0. The van der Waals surface area contributed by atoms with Crippen LogP contribution in [0.2, 0.25) is 0 Å². The Hall–Kier alpha value is -1.50. The van der Waals surface area contributed by atoms with E-state index in [1.807, 2.05) is 0 Å². The van der Waals surface area contributed by atoms with Crippen LogP contribution in [0.25, 0.3) is 0 Å². The van der Waals surface area contributed by atoms with Crippen molar-refractivity contribution in [1.29, 1.82) is 0 Å². The molecule has 2 rings (SSSR count). The van der Waals surface area contributed by atoms with Crippen molar-refractivity contribution in [3.63, 3.8) is 0 Å². The summed E-state index contributed by atoms with van der Waals surface area (Å²) in [6.07, 6.45) is 9.24. The highest BCUT2D eigenvalue weighted by atomic mass is 16.2. The van der Waals surface area contributed by atoms with Crippen LogP contribution in [0.4, 0.5) is 4.79 Å². The Bertz CT molecular complexity index is 337. The van der Waals surface area contributed by atoms with Crippen LogP contribution in [0, 0.1) is 12.3 Å². The molecule has 0 radical (unpaired) electrons. The van der Waals surface area contributed by atoms with Crippen LogP contribution in [0.1, 0.15) is 32.1 Å². The van der Waals surface area contributed by atoms with Gasteiger partial charge in [-0.2, -0.15) is 0 Å². The van der Waals surface area contributed by atoms with Gasteiger partial charge in [0.2, 0.25) is 0 Å². The molecular formula is C11H14N2O2. The number of urea groups is 1. The smallest absolute Gasteiger partial charge is 0.309 e. The molecule has 2 fully saturated rings. The Morgan fingerprint density at radius 1 is 1.40 bits per heavy atom. The van der Waals surface area contributed by atoms with Gasteiger partial charge in [-0.15, -0.1) is 12.3 Å². The molecule has 80 valence electrons. The lowest BCUT2D eigenvalue weighted by Crippen LogP contribution is -2.47. The molecule has 1 aliphatic heterocycles. The third-order valence-corrected chi connectivity index (χ3v) is 3.32. The van der Waals surface area contributed by atoms with Gasteiger partial charge in [0.05, 0.1) is 0 Å². The second kappa shape index (κ2) is 3.58. The number of rotatable bonds is 2. The minimum absolute atomic E-state index is 0.137. The van der Waals surface area contributed by atoms with Gasteiger partial charge in [0.15, 0.2) is 0 Å². The topological polar surface area (TPSA) is 49.4 Å². The predicted octanol–water partition coefficient (Wildman–Crippen LogP) is 0.874. The summed E-state index contributed by atoms with van der Waals surface area (Å²) >= 11 is 0. The van der Waals surface area contributed by atoms with Gasteiger partial charge in [-0.05, 0) is 12.8 Å². The zero-order valence-corrected chi connectivity index (χ0v) is 8.58. The summed E-state index contributed by atoms with van der Waals surface area (Å²) in [4.78, 5) is 25.0. The van der Waals surface area contributed by atoms with Gasteiger partial charge < -0.3 is 4.90 Å². The van der Waals surface area contributed by atoms with Crippen molar-refractivity contribution in [1.82, 2.24) is 10.2 Å². The number of hydrogen-bond donors (Lipinski definition) is 1. The number of carbonyl (C=O) groups excluding carboxylic acids is 2. The van der Waals surface area contributed by atoms with Crippen molar-refractivity contribution in [3.8, 4) is 12.3 Å². The molecular weight excluding hydrogens is 192 g/mol. The molecule has 0 aromatic rings. The van der Waals surface area contributed by atoms with E-state index in [9.17, 15) is 9.59 Å². The van der Waals surface area contributed by atoms with Gasteiger partial charge >= 0.3 is 6.03 Å². The molecule has 1 spiro atoms. The Labute approximate surface area is 89.0 Å². The van der Waals surface area contributed by atoms with Crippen LogP contribution in [0.3, 0.4) is 0 Å². The standard InChI is InChI=1S/C11H14N2O2/c1-2-3-8-13-10(15)12-9(14)11(13)6-4-5-7-11/h1H,3-8H2,(H,12,14,15). The minimum Gasteiger partial charge on any atom is -0.309 e. The van der Waals surface area contributed by atoms with Gasteiger partial charge in [0.25, 0.3) is 5.91 Å². The van der Waals surface area contributed by atoms with Crippen LogP contribution < -0.4 is 5.32 Å². The summed E-state index contributed by atoms with van der Waals surface area (Å²) in [6.45, 7) is 0.480. The maximum atomic E-state index is 11.8. The Morgan fingerprint density at radius 2 is 2.07 bits per heavy atom. The van der Waals surface area contributed by atoms with E-state index in [0.29, 0.717) is 13.0 Å². The van der Waals surface area contributed by atoms with E-state index >= 15 is 0 Å². The summed E-state index contributed by atoms with van der Waals surface area (Å²) in [5, 5.41) is 2.39. The lowest BCUT2D eigenvalue weighted by molar-refractivity contribution is -0.126. The number of amides is 3. The maximum absolute atomic E-state index is 11.8. The number of carbonyl (C=O) groups is 2. The van der Waals surface area contributed by atoms with Gasteiger partial charge in [-0.1, -0.05) is 12.8 Å². The SMILES string of the molecule is C#CCCN1C(=O)NC(=O)C12CCCC2. The summed E-state index contributed by atoms with van der Waals surface area (Å²) in [5.41, 5.74) is -0.575. The van der Waals surface area contributed by atoms with E-state index in [0.717, 1.165) is 25.7 Å². The highest BCUT2D eigenvalue weighted by Crippen LogP contribution is 2.38. The molecule has 0 unspecified atom stereocenters. The van der Waals surface area contributed by atoms with Crippen LogP contribution >= 0.6 is 0 Å². The zero-order chi connectivity index (χ0) is 10.9. The average Bonchev–Trinajstić information content (AvgIpc) is 2.75. The first-order chi connectivity index (χ1) is 7.20. The molecule has 1 aliphatic carbocycles. The largest absolute Gasteiger partial charge is 0.325 e. The van der Waals surface area contributed by atoms with E-state index in [1.165, 1.54) is 0 Å². The van der Waals surface area contributed by atoms with Crippen molar-refractivity contribution in [2.24, 2.45) is 0 Å². The zero-order valence-electron chi connectivity index (χ0n) is 8.58. The lowest BCUT2D eigenvalue weighted by atomic mass is 9.96. The summed E-state index contributed by atoms with van der Waals surface area (Å²) in [5.74, 6) is 2.37. The molecule has 0 atom stereocenters. The molecule has 1 N–H and O–H groups in total. The Kier molecular flexibility index (Phi) is 2.39. The highest BCUT2D eigenvalue weighted by Gasteiger charge is 2.53. The quantitative estimate of drug-likeness (QED) is 0.538. The molecule has 4 heteroatoms. The van der Waals surface area contributed by atoms with Gasteiger partial charge in [-0.25, -0.2) is 4.79 Å². The fourth-order valence-electron chi connectivity index (χ4n) is 2.55. The number of nitrogens with one attached hydrogen (secondary N) is 1. The lowest BCUT2D eigenvalue weighted by Gasteiger charge is -2.30. The van der Waals surface area contributed by atoms with Gasteiger partial charge in [0, 0.05) is 13.0 Å². The van der Waals surface area contributed by atoms with E-state index < -0.39 is 5.54 Å². The minimum atomic E-state index is -0.575. The molecule has 1 heterocycles. The third kappa shape index (κ3) is 1.39. The number of nitrogens with zero attached hydrogens (tertiary/aromatic N) is 1. The van der Waals surface area contributed by atoms with Crippen molar-refractivity contribution in [3.05, 3.63) is 0 Å².